The predicted octanol–water partition coefficient (Wildman–Crippen LogP) is 4.95. The first-order chi connectivity index (χ1) is 9.20. The molecule has 2 rings (SSSR count). The minimum atomic E-state index is 0.782. The van der Waals surface area contributed by atoms with Crippen LogP contribution in [0.25, 0.3) is 0 Å². The standard InChI is InChI=1S/C16H17BrClN/c1-2-12-5-3-4-6-13(12)10-19-11-14-7-8-15(17)9-16(14)18/h3-9,19H,2,10-11H2,1H3. The molecule has 1 nitrogen and oxygen atoms in total. The van der Waals surface area contributed by atoms with Gasteiger partial charge in [-0.25, -0.2) is 0 Å². The summed E-state index contributed by atoms with van der Waals surface area (Å²) >= 11 is 9.62. The van der Waals surface area contributed by atoms with E-state index in [0.29, 0.717) is 0 Å². The van der Waals surface area contributed by atoms with Crippen molar-refractivity contribution in [2.45, 2.75) is 26.4 Å². The van der Waals surface area contributed by atoms with Gasteiger partial charge in [-0.1, -0.05) is 64.8 Å². The smallest absolute Gasteiger partial charge is 0.0462 e. The van der Waals surface area contributed by atoms with Gasteiger partial charge in [0, 0.05) is 22.6 Å². The zero-order valence-corrected chi connectivity index (χ0v) is 13.3. The lowest BCUT2D eigenvalue weighted by atomic mass is 10.1. The van der Waals surface area contributed by atoms with Gasteiger partial charge in [0.05, 0.1) is 0 Å². The number of hydrogen-bond acceptors (Lipinski definition) is 1. The molecule has 0 spiro atoms. The van der Waals surface area contributed by atoms with Gasteiger partial charge in [0.1, 0.15) is 0 Å². The van der Waals surface area contributed by atoms with Gasteiger partial charge in [0.15, 0.2) is 0 Å². The Balaban J connectivity index is 1.96. The summed E-state index contributed by atoms with van der Waals surface area (Å²) in [5.41, 5.74) is 3.88. The van der Waals surface area contributed by atoms with Crippen molar-refractivity contribution in [2.75, 3.05) is 0 Å². The van der Waals surface area contributed by atoms with Gasteiger partial charge < -0.3 is 5.32 Å². The highest BCUT2D eigenvalue weighted by Crippen LogP contribution is 2.21. The lowest BCUT2D eigenvalue weighted by molar-refractivity contribution is 0.688. The average Bonchev–Trinajstić information content (AvgIpc) is 2.42. The first-order valence-electron chi connectivity index (χ1n) is 6.42. The maximum atomic E-state index is 6.20. The second-order valence-corrected chi connectivity index (χ2v) is 5.78. The Kier molecular flexibility index (Phi) is 5.44. The third-order valence-electron chi connectivity index (χ3n) is 3.15. The number of benzene rings is 2. The molecule has 0 bridgehead atoms. The number of hydrogen-bond donors (Lipinski definition) is 1. The zero-order chi connectivity index (χ0) is 13.7. The van der Waals surface area contributed by atoms with E-state index in [1.165, 1.54) is 11.1 Å². The maximum absolute atomic E-state index is 6.20. The molecule has 1 N–H and O–H groups in total. The Morgan fingerprint density at radius 3 is 2.37 bits per heavy atom. The van der Waals surface area contributed by atoms with Gasteiger partial charge in [-0.05, 0) is 35.2 Å². The van der Waals surface area contributed by atoms with Crippen LogP contribution in [0.15, 0.2) is 46.9 Å². The molecule has 0 amide bonds. The van der Waals surface area contributed by atoms with Crippen molar-refractivity contribution in [1.82, 2.24) is 5.32 Å². The number of halogens is 2. The first kappa shape index (κ1) is 14.6. The van der Waals surface area contributed by atoms with E-state index in [4.69, 9.17) is 11.6 Å². The van der Waals surface area contributed by atoms with Crippen LogP contribution in [-0.2, 0) is 19.5 Å². The first-order valence-corrected chi connectivity index (χ1v) is 7.59. The van der Waals surface area contributed by atoms with Crippen LogP contribution in [0.3, 0.4) is 0 Å². The topological polar surface area (TPSA) is 12.0 Å². The number of aryl methyl sites for hydroxylation is 1. The lowest BCUT2D eigenvalue weighted by Crippen LogP contribution is -2.14. The molecule has 0 aliphatic carbocycles. The minimum Gasteiger partial charge on any atom is -0.309 e. The minimum absolute atomic E-state index is 0.782. The third kappa shape index (κ3) is 4.07. The van der Waals surface area contributed by atoms with Gasteiger partial charge in [-0.2, -0.15) is 0 Å². The molecule has 2 aromatic carbocycles. The summed E-state index contributed by atoms with van der Waals surface area (Å²) in [5, 5.41) is 4.25. The van der Waals surface area contributed by atoms with E-state index < -0.39 is 0 Å². The van der Waals surface area contributed by atoms with Crippen molar-refractivity contribution in [3.05, 3.63) is 68.7 Å². The predicted molar refractivity (Wildman–Crippen MR) is 85.5 cm³/mol. The molecule has 2 aromatic rings. The molecule has 0 radical (unpaired) electrons. The molecule has 0 atom stereocenters. The Bertz CT molecular complexity index is 554. The van der Waals surface area contributed by atoms with Crippen LogP contribution in [0, 0.1) is 0 Å². The molecule has 0 unspecified atom stereocenters. The summed E-state index contributed by atoms with van der Waals surface area (Å²) in [7, 11) is 0. The Labute approximate surface area is 128 Å². The molecule has 0 aliphatic heterocycles. The van der Waals surface area contributed by atoms with E-state index in [1.54, 1.807) is 0 Å². The highest BCUT2D eigenvalue weighted by atomic mass is 79.9. The summed E-state index contributed by atoms with van der Waals surface area (Å²) in [6, 6.07) is 14.5. The van der Waals surface area contributed by atoms with Crippen molar-refractivity contribution in [2.24, 2.45) is 0 Å². The quantitative estimate of drug-likeness (QED) is 0.813. The van der Waals surface area contributed by atoms with Crippen molar-refractivity contribution in [3.63, 3.8) is 0 Å². The van der Waals surface area contributed by atoms with E-state index >= 15 is 0 Å². The maximum Gasteiger partial charge on any atom is 0.0462 e. The second kappa shape index (κ2) is 7.09. The fourth-order valence-corrected chi connectivity index (χ4v) is 2.81. The summed E-state index contributed by atoms with van der Waals surface area (Å²) < 4.78 is 1.01. The van der Waals surface area contributed by atoms with Crippen LogP contribution >= 0.6 is 27.5 Å². The molecule has 3 heteroatoms. The third-order valence-corrected chi connectivity index (χ3v) is 3.99. The van der Waals surface area contributed by atoms with Crippen LogP contribution in [0.1, 0.15) is 23.6 Å². The van der Waals surface area contributed by atoms with Crippen molar-refractivity contribution in [1.29, 1.82) is 0 Å². The van der Waals surface area contributed by atoms with Gasteiger partial charge >= 0.3 is 0 Å². The molecule has 0 aliphatic rings. The highest BCUT2D eigenvalue weighted by molar-refractivity contribution is 9.10. The summed E-state index contributed by atoms with van der Waals surface area (Å²) in [4.78, 5) is 0. The fourth-order valence-electron chi connectivity index (χ4n) is 2.07. The molecule has 0 saturated carbocycles. The van der Waals surface area contributed by atoms with Gasteiger partial charge in [-0.3, -0.25) is 0 Å². The number of rotatable bonds is 5. The van der Waals surface area contributed by atoms with Crippen molar-refractivity contribution >= 4 is 27.5 Å². The van der Waals surface area contributed by atoms with Gasteiger partial charge in [0.2, 0.25) is 0 Å². The number of nitrogens with one attached hydrogen (secondary N) is 1. The molecular formula is C16H17BrClN. The fraction of sp³-hybridized carbons (Fsp3) is 0.250. The van der Waals surface area contributed by atoms with E-state index in [1.807, 2.05) is 18.2 Å². The van der Waals surface area contributed by atoms with Crippen LogP contribution in [0.2, 0.25) is 5.02 Å². The van der Waals surface area contributed by atoms with Crippen LogP contribution < -0.4 is 5.32 Å². The second-order valence-electron chi connectivity index (χ2n) is 4.46. The molecule has 0 heterocycles. The van der Waals surface area contributed by atoms with Gasteiger partial charge in [0.25, 0.3) is 0 Å². The molecule has 100 valence electrons. The molecular weight excluding hydrogens is 322 g/mol. The molecule has 0 saturated heterocycles. The van der Waals surface area contributed by atoms with E-state index in [0.717, 1.165) is 34.6 Å². The molecule has 19 heavy (non-hydrogen) atoms. The largest absolute Gasteiger partial charge is 0.309 e. The Morgan fingerprint density at radius 1 is 1.00 bits per heavy atom. The summed E-state index contributed by atoms with van der Waals surface area (Å²) in [5.74, 6) is 0. The zero-order valence-electron chi connectivity index (χ0n) is 10.9. The SMILES string of the molecule is CCc1ccccc1CNCc1ccc(Br)cc1Cl. The normalized spacial score (nSPS) is 10.7. The highest BCUT2D eigenvalue weighted by Gasteiger charge is 2.02. The molecule has 0 aromatic heterocycles. The molecule has 0 fully saturated rings. The van der Waals surface area contributed by atoms with E-state index in [2.05, 4.69) is 52.4 Å². The Morgan fingerprint density at radius 2 is 1.68 bits per heavy atom. The van der Waals surface area contributed by atoms with Crippen LogP contribution in [0.5, 0.6) is 0 Å². The summed E-state index contributed by atoms with van der Waals surface area (Å²) in [6.07, 6.45) is 1.07. The van der Waals surface area contributed by atoms with Crippen molar-refractivity contribution in [3.8, 4) is 0 Å². The monoisotopic (exact) mass is 337 g/mol. The van der Waals surface area contributed by atoms with E-state index in [-0.39, 0.29) is 0 Å². The average molecular weight is 339 g/mol. The van der Waals surface area contributed by atoms with Crippen LogP contribution in [0.4, 0.5) is 0 Å². The van der Waals surface area contributed by atoms with Gasteiger partial charge in [-0.15, -0.1) is 0 Å². The lowest BCUT2D eigenvalue weighted by Gasteiger charge is -2.10. The van der Waals surface area contributed by atoms with E-state index in [9.17, 15) is 0 Å². The van der Waals surface area contributed by atoms with Crippen LogP contribution in [-0.4, -0.2) is 0 Å². The Hall–Kier alpha value is -0.830. The summed E-state index contributed by atoms with van der Waals surface area (Å²) in [6.45, 7) is 3.84. The van der Waals surface area contributed by atoms with Crippen molar-refractivity contribution < 1.29 is 0 Å².